The molecule has 0 radical (unpaired) electrons. The third-order valence-corrected chi connectivity index (χ3v) is 4.83. The second kappa shape index (κ2) is 7.23. The van der Waals surface area contributed by atoms with Gasteiger partial charge in [-0.2, -0.15) is 0 Å². The molecule has 1 fully saturated rings. The van der Waals surface area contributed by atoms with Gasteiger partial charge in [0, 0.05) is 17.1 Å². The lowest BCUT2D eigenvalue weighted by Gasteiger charge is -2.31. The average Bonchev–Trinajstić information content (AvgIpc) is 2.49. The molecule has 1 aromatic carbocycles. The highest BCUT2D eigenvalue weighted by molar-refractivity contribution is 9.10. The molecular weight excluding hydrogens is 318 g/mol. The van der Waals surface area contributed by atoms with Crippen molar-refractivity contribution < 1.29 is 9.53 Å². The number of ether oxygens (including phenoxy) is 1. The minimum atomic E-state index is -0.294. The van der Waals surface area contributed by atoms with Crippen LogP contribution in [0.3, 0.4) is 0 Å². The lowest BCUT2D eigenvalue weighted by atomic mass is 9.94. The Hall–Kier alpha value is -0.870. The van der Waals surface area contributed by atoms with E-state index in [1.165, 1.54) is 44.8 Å². The van der Waals surface area contributed by atoms with E-state index in [2.05, 4.69) is 27.9 Å². The largest absolute Gasteiger partial charge is 0.465 e. The van der Waals surface area contributed by atoms with Crippen molar-refractivity contribution in [3.8, 4) is 0 Å². The zero-order valence-electron chi connectivity index (χ0n) is 12.2. The van der Waals surface area contributed by atoms with Gasteiger partial charge in [0.15, 0.2) is 0 Å². The van der Waals surface area contributed by atoms with Gasteiger partial charge in [0.05, 0.1) is 12.7 Å². The van der Waals surface area contributed by atoms with E-state index >= 15 is 0 Å². The van der Waals surface area contributed by atoms with Crippen molar-refractivity contribution in [2.45, 2.75) is 44.7 Å². The molecule has 1 aliphatic rings. The number of halogens is 1. The van der Waals surface area contributed by atoms with Crippen LogP contribution in [0.15, 0.2) is 22.7 Å². The molecule has 110 valence electrons. The molecule has 0 heterocycles. The quantitative estimate of drug-likeness (QED) is 0.776. The fourth-order valence-corrected chi connectivity index (χ4v) is 3.34. The lowest BCUT2D eigenvalue weighted by molar-refractivity contribution is 0.0600. The first kappa shape index (κ1) is 15.5. The molecule has 2 rings (SSSR count). The van der Waals surface area contributed by atoms with E-state index in [1.54, 1.807) is 0 Å². The summed E-state index contributed by atoms with van der Waals surface area (Å²) < 4.78 is 5.71. The Balaban J connectivity index is 2.03. The SMILES string of the molecule is COC(=O)c1ccc(CN(C)C2CCCCC2)c(Br)c1. The summed E-state index contributed by atoms with van der Waals surface area (Å²) in [5.41, 5.74) is 1.80. The van der Waals surface area contributed by atoms with Crippen molar-refractivity contribution in [2.75, 3.05) is 14.2 Å². The highest BCUT2D eigenvalue weighted by atomic mass is 79.9. The fourth-order valence-electron chi connectivity index (χ4n) is 2.84. The molecule has 0 aromatic heterocycles. The number of hydrogen-bond acceptors (Lipinski definition) is 3. The minimum absolute atomic E-state index is 0.294. The maximum absolute atomic E-state index is 11.5. The highest BCUT2D eigenvalue weighted by Crippen LogP contribution is 2.25. The van der Waals surface area contributed by atoms with Crippen LogP contribution in [0.2, 0.25) is 0 Å². The molecule has 0 amide bonds. The van der Waals surface area contributed by atoms with E-state index in [9.17, 15) is 4.79 Å². The Morgan fingerprint density at radius 2 is 2.05 bits per heavy atom. The predicted octanol–water partition coefficient (Wildman–Crippen LogP) is 4.00. The number of carbonyl (C=O) groups is 1. The van der Waals surface area contributed by atoms with Crippen LogP contribution in [0.4, 0.5) is 0 Å². The van der Waals surface area contributed by atoms with Gasteiger partial charge in [-0.1, -0.05) is 41.3 Å². The third kappa shape index (κ3) is 3.83. The highest BCUT2D eigenvalue weighted by Gasteiger charge is 2.19. The second-order valence-electron chi connectivity index (χ2n) is 5.50. The van der Waals surface area contributed by atoms with Crippen LogP contribution in [-0.2, 0) is 11.3 Å². The van der Waals surface area contributed by atoms with Crippen molar-refractivity contribution >= 4 is 21.9 Å². The zero-order valence-corrected chi connectivity index (χ0v) is 13.8. The molecule has 0 N–H and O–H groups in total. The van der Waals surface area contributed by atoms with Gasteiger partial charge in [-0.05, 0) is 37.6 Å². The minimum Gasteiger partial charge on any atom is -0.465 e. The first-order valence-electron chi connectivity index (χ1n) is 7.19. The number of methoxy groups -OCH3 is 1. The maximum atomic E-state index is 11.5. The van der Waals surface area contributed by atoms with Crippen molar-refractivity contribution in [1.82, 2.24) is 4.90 Å². The van der Waals surface area contributed by atoms with Crippen LogP contribution in [0.5, 0.6) is 0 Å². The van der Waals surface area contributed by atoms with Crippen molar-refractivity contribution in [3.05, 3.63) is 33.8 Å². The summed E-state index contributed by atoms with van der Waals surface area (Å²) >= 11 is 3.56. The van der Waals surface area contributed by atoms with Crippen LogP contribution < -0.4 is 0 Å². The van der Waals surface area contributed by atoms with Gasteiger partial charge in [-0.3, -0.25) is 4.90 Å². The van der Waals surface area contributed by atoms with Crippen LogP contribution in [0, 0.1) is 0 Å². The van der Waals surface area contributed by atoms with Crippen LogP contribution in [0.25, 0.3) is 0 Å². The number of hydrogen-bond donors (Lipinski definition) is 0. The molecule has 1 aliphatic carbocycles. The molecule has 0 saturated heterocycles. The van der Waals surface area contributed by atoms with Gasteiger partial charge in [0.2, 0.25) is 0 Å². The topological polar surface area (TPSA) is 29.5 Å². The maximum Gasteiger partial charge on any atom is 0.337 e. The van der Waals surface area contributed by atoms with E-state index in [1.807, 2.05) is 18.2 Å². The van der Waals surface area contributed by atoms with E-state index in [0.717, 1.165) is 11.0 Å². The van der Waals surface area contributed by atoms with E-state index in [4.69, 9.17) is 4.74 Å². The smallest absolute Gasteiger partial charge is 0.337 e. The molecular formula is C16H22BrNO2. The zero-order chi connectivity index (χ0) is 14.5. The van der Waals surface area contributed by atoms with Gasteiger partial charge in [-0.25, -0.2) is 4.79 Å². The summed E-state index contributed by atoms with van der Waals surface area (Å²) in [5, 5.41) is 0. The monoisotopic (exact) mass is 339 g/mol. The standard InChI is InChI=1S/C16H22BrNO2/c1-18(14-6-4-3-5-7-14)11-13-9-8-12(10-15(13)17)16(19)20-2/h8-10,14H,3-7,11H2,1-2H3. The number of carbonyl (C=O) groups excluding carboxylic acids is 1. The molecule has 0 bridgehead atoms. The Bertz CT molecular complexity index is 470. The number of esters is 1. The molecule has 0 spiro atoms. The molecule has 4 heteroatoms. The summed E-state index contributed by atoms with van der Waals surface area (Å²) in [6.07, 6.45) is 6.67. The molecule has 0 atom stereocenters. The molecule has 20 heavy (non-hydrogen) atoms. The molecule has 0 unspecified atom stereocenters. The molecule has 1 saturated carbocycles. The Kier molecular flexibility index (Phi) is 5.61. The van der Waals surface area contributed by atoms with Crippen molar-refractivity contribution in [2.24, 2.45) is 0 Å². The predicted molar refractivity (Wildman–Crippen MR) is 83.8 cm³/mol. The number of benzene rings is 1. The molecule has 0 aliphatic heterocycles. The summed E-state index contributed by atoms with van der Waals surface area (Å²) in [4.78, 5) is 13.9. The van der Waals surface area contributed by atoms with Gasteiger partial charge in [0.25, 0.3) is 0 Å². The second-order valence-corrected chi connectivity index (χ2v) is 6.36. The van der Waals surface area contributed by atoms with E-state index < -0.39 is 0 Å². The Labute approximate surface area is 129 Å². The summed E-state index contributed by atoms with van der Waals surface area (Å²) in [6.45, 7) is 0.909. The van der Waals surface area contributed by atoms with Gasteiger partial charge in [-0.15, -0.1) is 0 Å². The van der Waals surface area contributed by atoms with Gasteiger partial charge < -0.3 is 4.74 Å². The average molecular weight is 340 g/mol. The van der Waals surface area contributed by atoms with Gasteiger partial charge >= 0.3 is 5.97 Å². The summed E-state index contributed by atoms with van der Waals surface area (Å²) in [6, 6.07) is 6.38. The van der Waals surface area contributed by atoms with Crippen molar-refractivity contribution in [1.29, 1.82) is 0 Å². The Morgan fingerprint density at radius 1 is 1.35 bits per heavy atom. The van der Waals surface area contributed by atoms with Crippen LogP contribution in [0.1, 0.15) is 48.0 Å². The first-order chi connectivity index (χ1) is 9.61. The summed E-state index contributed by atoms with van der Waals surface area (Å²) in [5.74, 6) is -0.294. The van der Waals surface area contributed by atoms with E-state index in [-0.39, 0.29) is 5.97 Å². The molecule has 1 aromatic rings. The van der Waals surface area contributed by atoms with E-state index in [0.29, 0.717) is 11.6 Å². The number of nitrogens with zero attached hydrogens (tertiary/aromatic N) is 1. The van der Waals surface area contributed by atoms with Crippen molar-refractivity contribution in [3.63, 3.8) is 0 Å². The Morgan fingerprint density at radius 3 is 2.65 bits per heavy atom. The number of rotatable bonds is 4. The normalized spacial score (nSPS) is 16.4. The first-order valence-corrected chi connectivity index (χ1v) is 7.98. The van der Waals surface area contributed by atoms with Crippen LogP contribution in [-0.4, -0.2) is 31.1 Å². The van der Waals surface area contributed by atoms with Gasteiger partial charge in [0.1, 0.15) is 0 Å². The summed E-state index contributed by atoms with van der Waals surface area (Å²) in [7, 11) is 3.59. The van der Waals surface area contributed by atoms with Crippen LogP contribution >= 0.6 is 15.9 Å². The fraction of sp³-hybridized carbons (Fsp3) is 0.562. The lowest BCUT2D eigenvalue weighted by Crippen LogP contribution is -2.32. The molecule has 3 nitrogen and oxygen atoms in total. The third-order valence-electron chi connectivity index (χ3n) is 4.09.